The molecule has 0 radical (unpaired) electrons. The predicted octanol–water partition coefficient (Wildman–Crippen LogP) is 1.41. The fraction of sp³-hybridized carbons (Fsp3) is 0.615. The van der Waals surface area contributed by atoms with Crippen molar-refractivity contribution >= 4 is 11.9 Å². The van der Waals surface area contributed by atoms with E-state index in [1.165, 1.54) is 0 Å². The van der Waals surface area contributed by atoms with E-state index >= 15 is 0 Å². The van der Waals surface area contributed by atoms with Crippen molar-refractivity contribution in [2.24, 2.45) is 0 Å². The van der Waals surface area contributed by atoms with E-state index in [-0.39, 0.29) is 12.3 Å². The number of rotatable bonds is 5. The van der Waals surface area contributed by atoms with Gasteiger partial charge in [-0.15, -0.1) is 0 Å². The number of nitrogens with one attached hydrogen (secondary N) is 2. The highest BCUT2D eigenvalue weighted by Crippen LogP contribution is 2.39. The summed E-state index contributed by atoms with van der Waals surface area (Å²) in [6.45, 7) is 0. The molecular weight excluding hydrogens is 246 g/mol. The van der Waals surface area contributed by atoms with E-state index in [1.807, 2.05) is 0 Å². The summed E-state index contributed by atoms with van der Waals surface area (Å²) in [6.07, 6.45) is 4.69. The average Bonchev–Trinajstić information content (AvgIpc) is 3.03. The van der Waals surface area contributed by atoms with Gasteiger partial charge in [0.1, 0.15) is 5.69 Å². The van der Waals surface area contributed by atoms with Crippen LogP contribution in [0.25, 0.3) is 0 Å². The van der Waals surface area contributed by atoms with Gasteiger partial charge in [-0.1, -0.05) is 0 Å². The van der Waals surface area contributed by atoms with Gasteiger partial charge in [-0.3, -0.25) is 14.7 Å². The third-order valence-corrected chi connectivity index (χ3v) is 4.03. The van der Waals surface area contributed by atoms with Crippen molar-refractivity contribution < 1.29 is 14.7 Å². The third kappa shape index (κ3) is 2.47. The number of carboxylic acids is 1. The highest BCUT2D eigenvalue weighted by Gasteiger charge is 2.41. The molecule has 0 unspecified atom stereocenters. The molecule has 1 aromatic rings. The first-order chi connectivity index (χ1) is 9.08. The molecule has 0 spiro atoms. The highest BCUT2D eigenvalue weighted by atomic mass is 16.4. The topological polar surface area (TPSA) is 95.1 Å². The molecule has 1 amide bonds. The zero-order valence-corrected chi connectivity index (χ0v) is 10.6. The molecule has 6 nitrogen and oxygen atoms in total. The second-order valence-electron chi connectivity index (χ2n) is 5.64. The van der Waals surface area contributed by atoms with Crippen LogP contribution in [0.15, 0.2) is 6.07 Å². The molecule has 0 bridgehead atoms. The maximum atomic E-state index is 12.1. The van der Waals surface area contributed by atoms with Crippen LogP contribution in [0.3, 0.4) is 0 Å². The summed E-state index contributed by atoms with van der Waals surface area (Å²) < 4.78 is 0. The number of nitrogens with zero attached hydrogens (tertiary/aromatic N) is 1. The molecule has 1 heterocycles. The van der Waals surface area contributed by atoms with Crippen molar-refractivity contribution in [3.8, 4) is 0 Å². The van der Waals surface area contributed by atoms with Crippen LogP contribution in [0.2, 0.25) is 0 Å². The van der Waals surface area contributed by atoms with Crippen LogP contribution >= 0.6 is 0 Å². The summed E-state index contributed by atoms with van der Waals surface area (Å²) in [5, 5.41) is 18.7. The average molecular weight is 263 g/mol. The lowest BCUT2D eigenvalue weighted by atomic mass is 9.74. The maximum absolute atomic E-state index is 12.1. The second-order valence-corrected chi connectivity index (χ2v) is 5.64. The molecular formula is C13H17N3O3. The monoisotopic (exact) mass is 263 g/mol. The van der Waals surface area contributed by atoms with Gasteiger partial charge in [-0.25, -0.2) is 0 Å². The molecule has 19 heavy (non-hydrogen) atoms. The Bertz CT molecular complexity index is 515. The van der Waals surface area contributed by atoms with Gasteiger partial charge in [0, 0.05) is 11.6 Å². The summed E-state index contributed by atoms with van der Waals surface area (Å²) >= 11 is 0. The smallest absolute Gasteiger partial charge is 0.305 e. The molecule has 1 aromatic heterocycles. The fourth-order valence-corrected chi connectivity index (χ4v) is 2.60. The van der Waals surface area contributed by atoms with Gasteiger partial charge in [0.2, 0.25) is 0 Å². The Labute approximate surface area is 110 Å². The van der Waals surface area contributed by atoms with Crippen molar-refractivity contribution in [2.45, 2.75) is 50.0 Å². The molecule has 102 valence electrons. The fourth-order valence-electron chi connectivity index (χ4n) is 2.60. The first-order valence-corrected chi connectivity index (χ1v) is 6.68. The summed E-state index contributed by atoms with van der Waals surface area (Å²) in [6, 6.07) is 1.78. The van der Waals surface area contributed by atoms with Crippen LogP contribution in [-0.2, 0) is 4.79 Å². The number of hydrogen-bond acceptors (Lipinski definition) is 3. The van der Waals surface area contributed by atoms with Gasteiger partial charge in [-0.2, -0.15) is 5.10 Å². The lowest BCUT2D eigenvalue weighted by Crippen LogP contribution is -2.54. The summed E-state index contributed by atoms with van der Waals surface area (Å²) in [5.41, 5.74) is 0.798. The SMILES string of the molecule is O=C(O)CC1(NC(=O)c2cc(C3CC3)[nH]n2)CCC1. The number of aromatic nitrogens is 2. The number of aromatic amines is 1. The zero-order valence-electron chi connectivity index (χ0n) is 10.6. The van der Waals surface area contributed by atoms with E-state index in [4.69, 9.17) is 5.11 Å². The number of carbonyl (C=O) groups excluding carboxylic acids is 1. The number of H-pyrrole nitrogens is 1. The third-order valence-electron chi connectivity index (χ3n) is 4.03. The van der Waals surface area contributed by atoms with Crippen molar-refractivity contribution in [2.75, 3.05) is 0 Å². The first kappa shape index (κ1) is 12.2. The molecule has 3 N–H and O–H groups in total. The van der Waals surface area contributed by atoms with Crippen LogP contribution in [0.1, 0.15) is 60.6 Å². The van der Waals surface area contributed by atoms with Gasteiger partial charge in [0.05, 0.1) is 12.0 Å². The highest BCUT2D eigenvalue weighted by molar-refractivity contribution is 5.93. The number of carboxylic acid groups (broad SMARTS) is 1. The number of hydrogen-bond donors (Lipinski definition) is 3. The Morgan fingerprint density at radius 3 is 2.74 bits per heavy atom. The van der Waals surface area contributed by atoms with E-state index in [1.54, 1.807) is 6.07 Å². The lowest BCUT2D eigenvalue weighted by Gasteiger charge is -2.41. The normalized spacial score (nSPS) is 20.6. The molecule has 2 aliphatic rings. The van der Waals surface area contributed by atoms with Crippen LogP contribution < -0.4 is 5.32 Å². The standard InChI is InChI=1S/C13H17N3O3/c17-11(18)7-13(4-1-5-13)14-12(19)10-6-9(15-16-10)8-2-3-8/h6,8H,1-5,7H2,(H,14,19)(H,15,16)(H,17,18). The number of amides is 1. The molecule has 6 heteroatoms. The Balaban J connectivity index is 1.67. The van der Waals surface area contributed by atoms with Crippen molar-refractivity contribution in [1.29, 1.82) is 0 Å². The van der Waals surface area contributed by atoms with Crippen LogP contribution in [-0.4, -0.2) is 32.7 Å². The van der Waals surface area contributed by atoms with Gasteiger partial charge in [-0.05, 0) is 38.2 Å². The van der Waals surface area contributed by atoms with Crippen molar-refractivity contribution in [3.63, 3.8) is 0 Å². The van der Waals surface area contributed by atoms with Crippen molar-refractivity contribution in [1.82, 2.24) is 15.5 Å². The lowest BCUT2D eigenvalue weighted by molar-refractivity contribution is -0.139. The van der Waals surface area contributed by atoms with E-state index in [9.17, 15) is 9.59 Å². The van der Waals surface area contributed by atoms with E-state index in [0.29, 0.717) is 11.6 Å². The molecule has 2 fully saturated rings. The van der Waals surface area contributed by atoms with E-state index < -0.39 is 11.5 Å². The maximum Gasteiger partial charge on any atom is 0.305 e. The van der Waals surface area contributed by atoms with Gasteiger partial charge < -0.3 is 10.4 Å². The largest absolute Gasteiger partial charge is 0.481 e. The van der Waals surface area contributed by atoms with Crippen LogP contribution in [0.4, 0.5) is 0 Å². The Hall–Kier alpha value is -1.85. The molecule has 3 rings (SSSR count). The quantitative estimate of drug-likeness (QED) is 0.748. The minimum absolute atomic E-state index is 0.0152. The summed E-state index contributed by atoms with van der Waals surface area (Å²) in [5.74, 6) is -0.629. The summed E-state index contributed by atoms with van der Waals surface area (Å²) in [4.78, 5) is 23.0. The van der Waals surface area contributed by atoms with Gasteiger partial charge >= 0.3 is 5.97 Å². The van der Waals surface area contributed by atoms with E-state index in [0.717, 1.165) is 37.8 Å². The zero-order chi connectivity index (χ0) is 13.5. The first-order valence-electron chi connectivity index (χ1n) is 6.68. The molecule has 0 aliphatic heterocycles. The van der Waals surface area contributed by atoms with Crippen LogP contribution in [0.5, 0.6) is 0 Å². The Kier molecular flexibility index (Phi) is 2.80. The second kappa shape index (κ2) is 4.36. The minimum Gasteiger partial charge on any atom is -0.481 e. The van der Waals surface area contributed by atoms with Gasteiger partial charge in [0.25, 0.3) is 5.91 Å². The summed E-state index contributed by atoms with van der Waals surface area (Å²) in [7, 11) is 0. The van der Waals surface area contributed by atoms with Gasteiger partial charge in [0.15, 0.2) is 0 Å². The molecule has 0 atom stereocenters. The molecule has 2 aliphatic carbocycles. The minimum atomic E-state index is -0.874. The van der Waals surface area contributed by atoms with Crippen molar-refractivity contribution in [3.05, 3.63) is 17.5 Å². The molecule has 0 aromatic carbocycles. The Morgan fingerprint density at radius 1 is 1.47 bits per heavy atom. The van der Waals surface area contributed by atoms with E-state index in [2.05, 4.69) is 15.5 Å². The molecule has 2 saturated carbocycles. The predicted molar refractivity (Wildman–Crippen MR) is 66.9 cm³/mol. The number of carbonyl (C=O) groups is 2. The van der Waals surface area contributed by atoms with Crippen LogP contribution in [0, 0.1) is 0 Å². The number of aliphatic carboxylic acids is 1. The Morgan fingerprint density at radius 2 is 2.21 bits per heavy atom. The molecule has 0 saturated heterocycles.